The summed E-state index contributed by atoms with van der Waals surface area (Å²) in [5.41, 5.74) is 2.27. The third kappa shape index (κ3) is 5.56. The van der Waals surface area contributed by atoms with Crippen molar-refractivity contribution in [3.8, 4) is 17.2 Å². The number of para-hydroxylation sites is 2. The summed E-state index contributed by atoms with van der Waals surface area (Å²) >= 11 is 0. The summed E-state index contributed by atoms with van der Waals surface area (Å²) in [6.07, 6.45) is 3.17. The van der Waals surface area contributed by atoms with Crippen molar-refractivity contribution in [2.45, 2.75) is 39.2 Å². The number of benzene rings is 2. The van der Waals surface area contributed by atoms with Crippen LogP contribution in [0.4, 0.5) is 11.6 Å². The van der Waals surface area contributed by atoms with Crippen LogP contribution in [-0.2, 0) is 9.59 Å². The normalized spacial score (nSPS) is 16.6. The number of ether oxygens (including phenoxy) is 3. The van der Waals surface area contributed by atoms with Gasteiger partial charge in [0.2, 0.25) is 5.95 Å². The quantitative estimate of drug-likeness (QED) is 0.414. The molecule has 210 valence electrons. The van der Waals surface area contributed by atoms with Crippen LogP contribution in [0.15, 0.2) is 53.7 Å². The lowest BCUT2D eigenvalue weighted by Gasteiger charge is -2.28. The molecule has 12 heteroatoms. The van der Waals surface area contributed by atoms with Crippen LogP contribution < -0.4 is 24.8 Å². The molecule has 0 saturated carbocycles. The number of rotatable bonds is 9. The number of nitrogens with zero attached hydrogens (tertiary/aromatic N) is 5. The van der Waals surface area contributed by atoms with Crippen molar-refractivity contribution in [3.63, 3.8) is 0 Å². The standard InChI is InChI=1S/C28H33N7O5/c1-4-39-21-11-7-6-10-20(21)30-27(37)25-18(2)29-28-31-32-33-35(28)26(25)19-12-13-22(23(16-19)38-3)40-17-24(36)34-14-8-5-9-15-34/h6-7,10-13,16,26H,4-5,8-9,14-15,17H2,1-3H3,(H,30,37)(H,29,31,33). The van der Waals surface area contributed by atoms with E-state index in [1.54, 1.807) is 35.9 Å². The Morgan fingerprint density at radius 1 is 1.05 bits per heavy atom. The first-order valence-corrected chi connectivity index (χ1v) is 13.4. The highest BCUT2D eigenvalue weighted by Crippen LogP contribution is 2.39. The zero-order valence-electron chi connectivity index (χ0n) is 22.8. The van der Waals surface area contributed by atoms with Crippen LogP contribution in [-0.4, -0.2) is 70.3 Å². The van der Waals surface area contributed by atoms with Crippen LogP contribution in [0.2, 0.25) is 0 Å². The Balaban J connectivity index is 1.42. The van der Waals surface area contributed by atoms with Gasteiger partial charge in [-0.3, -0.25) is 9.59 Å². The van der Waals surface area contributed by atoms with Gasteiger partial charge in [-0.05, 0) is 73.4 Å². The first-order chi connectivity index (χ1) is 19.5. The number of allylic oxidation sites excluding steroid dienone is 1. The summed E-state index contributed by atoms with van der Waals surface area (Å²) in [4.78, 5) is 28.2. The van der Waals surface area contributed by atoms with E-state index in [0.717, 1.165) is 32.4 Å². The van der Waals surface area contributed by atoms with Crippen LogP contribution >= 0.6 is 0 Å². The molecule has 40 heavy (non-hydrogen) atoms. The summed E-state index contributed by atoms with van der Waals surface area (Å²) in [6, 6.07) is 11.9. The molecule has 3 heterocycles. The Kier molecular flexibility index (Phi) is 8.13. The van der Waals surface area contributed by atoms with Crippen molar-refractivity contribution < 1.29 is 23.8 Å². The van der Waals surface area contributed by atoms with Crippen molar-refractivity contribution >= 4 is 23.5 Å². The fourth-order valence-electron chi connectivity index (χ4n) is 5.00. The molecule has 1 fully saturated rings. The van der Waals surface area contributed by atoms with Crippen LogP contribution in [0.5, 0.6) is 17.2 Å². The van der Waals surface area contributed by atoms with Gasteiger partial charge in [-0.15, -0.1) is 0 Å². The fourth-order valence-corrected chi connectivity index (χ4v) is 5.00. The molecule has 2 aliphatic rings. The topological polar surface area (TPSA) is 133 Å². The molecule has 2 amide bonds. The van der Waals surface area contributed by atoms with E-state index in [1.165, 1.54) is 7.11 Å². The highest BCUT2D eigenvalue weighted by atomic mass is 16.5. The van der Waals surface area contributed by atoms with Gasteiger partial charge < -0.3 is 29.7 Å². The molecule has 2 aliphatic heterocycles. The number of likely N-dealkylation sites (tertiary alicyclic amines) is 1. The lowest BCUT2D eigenvalue weighted by atomic mass is 9.94. The molecule has 0 aliphatic carbocycles. The minimum atomic E-state index is -0.663. The summed E-state index contributed by atoms with van der Waals surface area (Å²) in [5, 5.41) is 18.1. The van der Waals surface area contributed by atoms with Gasteiger partial charge in [-0.1, -0.05) is 23.3 Å². The van der Waals surface area contributed by atoms with Crippen molar-refractivity contribution in [1.29, 1.82) is 0 Å². The second kappa shape index (κ2) is 12.1. The van der Waals surface area contributed by atoms with E-state index in [1.807, 2.05) is 30.0 Å². The van der Waals surface area contributed by atoms with Gasteiger partial charge >= 0.3 is 0 Å². The van der Waals surface area contributed by atoms with E-state index in [9.17, 15) is 9.59 Å². The van der Waals surface area contributed by atoms with E-state index in [0.29, 0.717) is 52.3 Å². The van der Waals surface area contributed by atoms with E-state index >= 15 is 0 Å². The van der Waals surface area contributed by atoms with Gasteiger partial charge in [0.1, 0.15) is 11.8 Å². The molecule has 12 nitrogen and oxygen atoms in total. The fraction of sp³-hybridized carbons (Fsp3) is 0.393. The molecule has 1 atom stereocenters. The third-order valence-electron chi connectivity index (χ3n) is 6.96. The van der Waals surface area contributed by atoms with Crippen molar-refractivity contribution in [2.24, 2.45) is 0 Å². The van der Waals surface area contributed by atoms with E-state index in [4.69, 9.17) is 14.2 Å². The number of fused-ring (bicyclic) bond motifs is 1. The summed E-state index contributed by atoms with van der Waals surface area (Å²) in [6.45, 7) is 5.59. The Morgan fingerprint density at radius 3 is 2.62 bits per heavy atom. The molecule has 1 saturated heterocycles. The molecule has 2 N–H and O–H groups in total. The number of hydrogen-bond acceptors (Lipinski definition) is 9. The van der Waals surface area contributed by atoms with E-state index < -0.39 is 6.04 Å². The average molecular weight is 548 g/mol. The molecule has 0 spiro atoms. The first kappa shape index (κ1) is 27.0. The largest absolute Gasteiger partial charge is 0.493 e. The third-order valence-corrected chi connectivity index (χ3v) is 6.96. The number of methoxy groups -OCH3 is 1. The Bertz CT molecular complexity index is 1410. The minimum Gasteiger partial charge on any atom is -0.493 e. The second-order valence-electron chi connectivity index (χ2n) is 9.54. The summed E-state index contributed by atoms with van der Waals surface area (Å²) < 4.78 is 18.7. The maximum Gasteiger partial charge on any atom is 0.260 e. The van der Waals surface area contributed by atoms with Gasteiger partial charge in [-0.25, -0.2) is 0 Å². The highest BCUT2D eigenvalue weighted by molar-refractivity contribution is 6.06. The molecule has 0 radical (unpaired) electrons. The lowest BCUT2D eigenvalue weighted by molar-refractivity contribution is -0.134. The van der Waals surface area contributed by atoms with Gasteiger partial charge in [0.25, 0.3) is 11.8 Å². The number of carbonyl (C=O) groups excluding carboxylic acids is 2. The zero-order valence-corrected chi connectivity index (χ0v) is 22.8. The van der Waals surface area contributed by atoms with Gasteiger partial charge in [0.05, 0.1) is 25.0 Å². The Morgan fingerprint density at radius 2 is 1.85 bits per heavy atom. The number of hydrogen-bond donors (Lipinski definition) is 2. The van der Waals surface area contributed by atoms with Crippen LogP contribution in [0.3, 0.4) is 0 Å². The molecule has 0 bridgehead atoms. The van der Waals surface area contributed by atoms with Crippen molar-refractivity contribution in [3.05, 3.63) is 59.3 Å². The van der Waals surface area contributed by atoms with Gasteiger partial charge in [0.15, 0.2) is 18.1 Å². The number of tetrazole rings is 1. The maximum atomic E-state index is 13.8. The zero-order chi connectivity index (χ0) is 28.1. The van der Waals surface area contributed by atoms with Gasteiger partial charge in [0, 0.05) is 18.8 Å². The molecule has 2 aromatic carbocycles. The number of aromatic nitrogens is 4. The number of anilines is 2. The molecule has 5 rings (SSSR count). The molecule has 1 aromatic heterocycles. The molecular weight excluding hydrogens is 514 g/mol. The van der Waals surface area contributed by atoms with Crippen molar-refractivity contribution in [1.82, 2.24) is 25.1 Å². The van der Waals surface area contributed by atoms with Crippen LogP contribution in [0, 0.1) is 0 Å². The SMILES string of the molecule is CCOc1ccccc1NC(=O)C1=C(C)Nc2nnnn2C1c1ccc(OCC(=O)N2CCCCC2)c(OC)c1. The Labute approximate surface area is 232 Å². The predicted octanol–water partition coefficient (Wildman–Crippen LogP) is 3.40. The first-order valence-electron chi connectivity index (χ1n) is 13.4. The van der Waals surface area contributed by atoms with Crippen molar-refractivity contribution in [2.75, 3.05) is 44.0 Å². The number of nitrogens with one attached hydrogen (secondary N) is 2. The lowest BCUT2D eigenvalue weighted by Crippen LogP contribution is -2.38. The number of amides is 2. The highest BCUT2D eigenvalue weighted by Gasteiger charge is 2.35. The Hall–Kier alpha value is -4.61. The average Bonchev–Trinajstić information content (AvgIpc) is 3.44. The maximum absolute atomic E-state index is 13.8. The number of carbonyl (C=O) groups is 2. The van der Waals surface area contributed by atoms with Gasteiger partial charge in [-0.2, -0.15) is 4.68 Å². The summed E-state index contributed by atoms with van der Waals surface area (Å²) in [7, 11) is 1.53. The smallest absolute Gasteiger partial charge is 0.260 e. The van der Waals surface area contributed by atoms with E-state index in [-0.39, 0.29) is 18.4 Å². The van der Waals surface area contributed by atoms with Crippen LogP contribution in [0.25, 0.3) is 0 Å². The monoisotopic (exact) mass is 547 g/mol. The summed E-state index contributed by atoms with van der Waals surface area (Å²) in [5.74, 6) is 1.45. The van der Waals surface area contributed by atoms with Crippen LogP contribution in [0.1, 0.15) is 44.7 Å². The minimum absolute atomic E-state index is 0.0487. The predicted molar refractivity (Wildman–Crippen MR) is 147 cm³/mol. The molecule has 1 unspecified atom stereocenters. The number of piperidine rings is 1. The molecular formula is C28H33N7O5. The van der Waals surface area contributed by atoms with E-state index in [2.05, 4.69) is 26.2 Å². The second-order valence-corrected chi connectivity index (χ2v) is 9.54. The molecule has 3 aromatic rings.